The molecule has 19 heavy (non-hydrogen) atoms. The Labute approximate surface area is 123 Å². The first-order valence-corrected chi connectivity index (χ1v) is 8.27. The second-order valence-electron chi connectivity index (χ2n) is 5.02. The maximum atomic E-state index is 4.67. The molecule has 0 unspecified atom stereocenters. The molecule has 1 N–H and O–H groups in total. The molecule has 0 bridgehead atoms. The van der Waals surface area contributed by atoms with E-state index in [1.54, 1.807) is 11.3 Å². The predicted octanol–water partition coefficient (Wildman–Crippen LogP) is 3.33. The minimum atomic E-state index is 0.508. The maximum absolute atomic E-state index is 4.67. The second-order valence-corrected chi connectivity index (χ2v) is 6.99. The largest absolute Gasteiger partial charge is 0.308 e. The maximum Gasteiger partial charge on any atom is 0.107 e. The van der Waals surface area contributed by atoms with Gasteiger partial charge in [0.25, 0.3) is 0 Å². The van der Waals surface area contributed by atoms with Crippen molar-refractivity contribution in [2.24, 2.45) is 0 Å². The van der Waals surface area contributed by atoms with Gasteiger partial charge in [0.05, 0.1) is 5.69 Å². The zero-order chi connectivity index (χ0) is 13.7. The van der Waals surface area contributed by atoms with Crippen LogP contribution in [0.5, 0.6) is 0 Å². The van der Waals surface area contributed by atoms with Gasteiger partial charge in [0.15, 0.2) is 0 Å². The van der Waals surface area contributed by atoms with Gasteiger partial charge in [-0.1, -0.05) is 19.9 Å². The molecule has 104 valence electrons. The Morgan fingerprint density at radius 3 is 2.84 bits per heavy atom. The normalized spacial score (nSPS) is 11.6. The van der Waals surface area contributed by atoms with Crippen LogP contribution < -0.4 is 5.32 Å². The first-order valence-electron chi connectivity index (χ1n) is 6.51. The quantitative estimate of drug-likeness (QED) is 0.849. The van der Waals surface area contributed by atoms with Gasteiger partial charge in [-0.15, -0.1) is 22.7 Å². The van der Waals surface area contributed by atoms with E-state index in [1.807, 2.05) is 11.3 Å². The van der Waals surface area contributed by atoms with Gasteiger partial charge in [-0.05, 0) is 18.5 Å². The smallest absolute Gasteiger partial charge is 0.107 e. The van der Waals surface area contributed by atoms with Crippen LogP contribution in [0.1, 0.15) is 29.4 Å². The Kier molecular flexibility index (Phi) is 5.51. The number of aromatic nitrogens is 1. The van der Waals surface area contributed by atoms with E-state index < -0.39 is 0 Å². The summed E-state index contributed by atoms with van der Waals surface area (Å²) in [5, 5.41) is 8.87. The van der Waals surface area contributed by atoms with Crippen molar-refractivity contribution in [2.75, 3.05) is 7.05 Å². The summed E-state index contributed by atoms with van der Waals surface area (Å²) in [6.07, 6.45) is 0. The Bertz CT molecular complexity index is 477. The number of nitrogens with zero attached hydrogens (tertiary/aromatic N) is 2. The van der Waals surface area contributed by atoms with Crippen LogP contribution in [0.2, 0.25) is 0 Å². The fraction of sp³-hybridized carbons (Fsp3) is 0.500. The third-order valence-electron chi connectivity index (χ3n) is 2.70. The molecule has 2 rings (SSSR count). The van der Waals surface area contributed by atoms with Gasteiger partial charge in [0, 0.05) is 35.9 Å². The summed E-state index contributed by atoms with van der Waals surface area (Å²) in [7, 11) is 2.14. The van der Waals surface area contributed by atoms with Crippen molar-refractivity contribution < 1.29 is 0 Å². The highest BCUT2D eigenvalue weighted by Crippen LogP contribution is 2.15. The van der Waals surface area contributed by atoms with Gasteiger partial charge in [0.2, 0.25) is 0 Å². The fourth-order valence-corrected chi connectivity index (χ4v) is 3.32. The molecule has 0 atom stereocenters. The SMILES string of the molecule is CC(C)NCc1nc(CN(C)Cc2cccs2)cs1. The first-order chi connectivity index (χ1) is 9.13. The van der Waals surface area contributed by atoms with E-state index in [9.17, 15) is 0 Å². The van der Waals surface area contributed by atoms with E-state index in [-0.39, 0.29) is 0 Å². The third-order valence-corrected chi connectivity index (χ3v) is 4.46. The second kappa shape index (κ2) is 7.14. The lowest BCUT2D eigenvalue weighted by molar-refractivity contribution is 0.318. The molecule has 0 aliphatic heterocycles. The molecule has 0 amide bonds. The van der Waals surface area contributed by atoms with Crippen molar-refractivity contribution in [3.8, 4) is 0 Å². The van der Waals surface area contributed by atoms with Crippen molar-refractivity contribution in [2.45, 2.75) is 39.5 Å². The number of rotatable bonds is 7. The lowest BCUT2D eigenvalue weighted by atomic mass is 10.4. The molecule has 2 aromatic rings. The molecule has 5 heteroatoms. The van der Waals surface area contributed by atoms with Crippen LogP contribution in [-0.4, -0.2) is 23.0 Å². The van der Waals surface area contributed by atoms with E-state index >= 15 is 0 Å². The first kappa shape index (κ1) is 14.7. The van der Waals surface area contributed by atoms with Gasteiger partial charge in [0.1, 0.15) is 5.01 Å². The van der Waals surface area contributed by atoms with Crippen LogP contribution in [0, 0.1) is 0 Å². The molecule has 2 aromatic heterocycles. The summed E-state index contributed by atoms with van der Waals surface area (Å²) >= 11 is 3.55. The molecule has 2 heterocycles. The minimum absolute atomic E-state index is 0.508. The van der Waals surface area contributed by atoms with Gasteiger partial charge in [-0.3, -0.25) is 4.90 Å². The van der Waals surface area contributed by atoms with Crippen molar-refractivity contribution >= 4 is 22.7 Å². The van der Waals surface area contributed by atoms with Crippen LogP contribution in [0.25, 0.3) is 0 Å². The van der Waals surface area contributed by atoms with Gasteiger partial charge >= 0.3 is 0 Å². The monoisotopic (exact) mass is 295 g/mol. The van der Waals surface area contributed by atoms with Crippen LogP contribution in [0.4, 0.5) is 0 Å². The molecular formula is C14H21N3S2. The number of nitrogens with one attached hydrogen (secondary N) is 1. The van der Waals surface area contributed by atoms with Crippen LogP contribution in [0.3, 0.4) is 0 Å². The average molecular weight is 295 g/mol. The summed E-state index contributed by atoms with van der Waals surface area (Å²) in [6, 6.07) is 4.79. The van der Waals surface area contributed by atoms with E-state index in [1.165, 1.54) is 15.6 Å². The minimum Gasteiger partial charge on any atom is -0.308 e. The molecular weight excluding hydrogens is 274 g/mol. The fourth-order valence-electron chi connectivity index (χ4n) is 1.80. The van der Waals surface area contributed by atoms with Crippen molar-refractivity contribution in [1.82, 2.24) is 15.2 Å². The van der Waals surface area contributed by atoms with Crippen LogP contribution in [-0.2, 0) is 19.6 Å². The lowest BCUT2D eigenvalue weighted by Crippen LogP contribution is -2.22. The molecule has 0 aliphatic carbocycles. The molecule has 0 aliphatic rings. The van der Waals surface area contributed by atoms with Crippen molar-refractivity contribution in [3.05, 3.63) is 38.5 Å². The highest BCUT2D eigenvalue weighted by atomic mass is 32.1. The van der Waals surface area contributed by atoms with Crippen LogP contribution in [0.15, 0.2) is 22.9 Å². The standard InChI is InChI=1S/C14H21N3S2/c1-11(2)15-7-14-16-12(10-19-14)8-17(3)9-13-5-4-6-18-13/h4-6,10-11,15H,7-9H2,1-3H3. The third kappa shape index (κ3) is 5.03. The zero-order valence-electron chi connectivity index (χ0n) is 11.7. The molecule has 0 aromatic carbocycles. The average Bonchev–Trinajstić information content (AvgIpc) is 2.98. The van der Waals surface area contributed by atoms with Crippen molar-refractivity contribution in [1.29, 1.82) is 0 Å². The Morgan fingerprint density at radius 1 is 1.32 bits per heavy atom. The number of hydrogen-bond donors (Lipinski definition) is 1. The lowest BCUT2D eigenvalue weighted by Gasteiger charge is -2.13. The highest BCUT2D eigenvalue weighted by Gasteiger charge is 2.07. The van der Waals surface area contributed by atoms with Crippen molar-refractivity contribution in [3.63, 3.8) is 0 Å². The topological polar surface area (TPSA) is 28.2 Å². The Morgan fingerprint density at radius 2 is 2.16 bits per heavy atom. The number of hydrogen-bond acceptors (Lipinski definition) is 5. The Balaban J connectivity index is 1.82. The molecule has 0 saturated carbocycles. The summed E-state index contributed by atoms with van der Waals surface area (Å²) in [5.74, 6) is 0. The molecule has 0 radical (unpaired) electrons. The van der Waals surface area contributed by atoms with Gasteiger partial charge < -0.3 is 5.32 Å². The molecule has 0 fully saturated rings. The van der Waals surface area contributed by atoms with Gasteiger partial charge in [-0.25, -0.2) is 4.98 Å². The molecule has 3 nitrogen and oxygen atoms in total. The zero-order valence-corrected chi connectivity index (χ0v) is 13.4. The number of thiazole rings is 1. The molecule has 0 spiro atoms. The highest BCUT2D eigenvalue weighted by molar-refractivity contribution is 7.10. The van der Waals surface area contributed by atoms with Crippen LogP contribution >= 0.6 is 22.7 Å². The predicted molar refractivity (Wildman–Crippen MR) is 83.6 cm³/mol. The van der Waals surface area contributed by atoms with E-state index in [4.69, 9.17) is 0 Å². The molecule has 0 saturated heterocycles. The van der Waals surface area contributed by atoms with E-state index in [0.29, 0.717) is 6.04 Å². The summed E-state index contributed by atoms with van der Waals surface area (Å²) < 4.78 is 0. The van der Waals surface area contributed by atoms with E-state index in [0.717, 1.165) is 19.6 Å². The Hall–Kier alpha value is -0.750. The number of thiophene rings is 1. The summed E-state index contributed by atoms with van der Waals surface area (Å²) in [5.41, 5.74) is 1.17. The summed E-state index contributed by atoms with van der Waals surface area (Å²) in [6.45, 7) is 7.09. The van der Waals surface area contributed by atoms with Gasteiger partial charge in [-0.2, -0.15) is 0 Å². The summed E-state index contributed by atoms with van der Waals surface area (Å²) in [4.78, 5) is 8.38. The van der Waals surface area contributed by atoms with E-state index in [2.05, 4.69) is 59.0 Å².